The molecule has 0 spiro atoms. The summed E-state index contributed by atoms with van der Waals surface area (Å²) in [5.41, 5.74) is 13.2. The predicted octanol–water partition coefficient (Wildman–Crippen LogP) is 0.478. The third-order valence-corrected chi connectivity index (χ3v) is 9.80. The molecule has 1 unspecified atom stereocenters. The second kappa shape index (κ2) is 52.0. The van der Waals surface area contributed by atoms with Crippen LogP contribution in [0.25, 0.3) is 0 Å². The highest BCUT2D eigenvalue weighted by molar-refractivity contribution is 6.12. The fraction of sp³-hybridized carbons (Fsp3) is 0.654. The van der Waals surface area contributed by atoms with Gasteiger partial charge in [0.25, 0.3) is 11.8 Å². The number of primary amides is 1. The van der Waals surface area contributed by atoms with Gasteiger partial charge in [0.15, 0.2) is 0 Å². The molecular weight excluding hydrogens is 1020 g/mol. The quantitative estimate of drug-likeness (QED) is 0.0117. The van der Waals surface area contributed by atoms with Crippen LogP contribution in [-0.4, -0.2) is 212 Å². The lowest BCUT2D eigenvalue weighted by atomic mass is 9.93. The van der Waals surface area contributed by atoms with E-state index in [4.69, 9.17) is 72.5 Å². The molecule has 10 N–H and O–H groups in total. The van der Waals surface area contributed by atoms with Crippen molar-refractivity contribution in [1.82, 2.24) is 25.9 Å². The molecule has 0 bridgehead atoms. The molecule has 78 heavy (non-hydrogen) atoms. The van der Waals surface area contributed by atoms with Crippen LogP contribution in [0.4, 0.5) is 10.5 Å². The molecule has 7 amide bonds. The molecule has 0 saturated carbocycles. The highest BCUT2D eigenvalue weighted by atomic mass is 16.6. The van der Waals surface area contributed by atoms with E-state index in [0.29, 0.717) is 124 Å². The van der Waals surface area contributed by atoms with Crippen LogP contribution in [0.2, 0.25) is 0 Å². The number of urea groups is 1. The molecule has 442 valence electrons. The fourth-order valence-electron chi connectivity index (χ4n) is 5.95. The Balaban J connectivity index is 0. The Morgan fingerprint density at radius 1 is 0.705 bits per heavy atom. The van der Waals surface area contributed by atoms with Gasteiger partial charge in [-0.25, -0.2) is 10.6 Å². The minimum absolute atomic E-state index is 0.0206. The first-order chi connectivity index (χ1) is 37.7. The van der Waals surface area contributed by atoms with Gasteiger partial charge in [-0.3, -0.25) is 28.9 Å². The van der Waals surface area contributed by atoms with Gasteiger partial charge in [-0.1, -0.05) is 52.6 Å². The van der Waals surface area contributed by atoms with E-state index in [2.05, 4.69) is 34.1 Å². The minimum atomic E-state index is -0.904. The normalized spacial score (nSPS) is 12.1. The lowest BCUT2D eigenvalue weighted by Crippen LogP contribution is -2.51. The monoisotopic (exact) mass is 1110 g/mol. The summed E-state index contributed by atoms with van der Waals surface area (Å²) in [6.07, 6.45) is 13.0. The number of ether oxygens (including phenoxy) is 10. The van der Waals surface area contributed by atoms with Gasteiger partial charge in [0.2, 0.25) is 17.7 Å². The first kappa shape index (κ1) is 74.4. The fourth-order valence-corrected chi connectivity index (χ4v) is 5.95. The predicted molar refractivity (Wildman–Crippen MR) is 295 cm³/mol. The molecule has 0 aliphatic carbocycles. The van der Waals surface area contributed by atoms with Crippen LogP contribution in [0.3, 0.4) is 0 Å². The van der Waals surface area contributed by atoms with E-state index in [1.54, 1.807) is 45.4 Å². The summed E-state index contributed by atoms with van der Waals surface area (Å²) in [6, 6.07) is 3.83. The number of nitrogens with zero attached hydrogens (tertiary/aromatic N) is 2. The molecule has 1 heterocycles. The Kier molecular flexibility index (Phi) is 49.6. The molecule has 1 aliphatic rings. The van der Waals surface area contributed by atoms with Crippen LogP contribution in [0.15, 0.2) is 42.2 Å². The number of imide groups is 1. The van der Waals surface area contributed by atoms with Crippen molar-refractivity contribution < 1.29 is 76.1 Å². The zero-order chi connectivity index (χ0) is 58.6. The van der Waals surface area contributed by atoms with E-state index < -0.39 is 41.6 Å². The zero-order valence-electron chi connectivity index (χ0n) is 46.9. The van der Waals surface area contributed by atoms with Crippen molar-refractivity contribution in [1.29, 1.82) is 0 Å². The minimum Gasteiger partial charge on any atom is -0.399 e. The molecule has 25 nitrogen and oxygen atoms in total. The smallest absolute Gasteiger partial charge is 0.312 e. The van der Waals surface area contributed by atoms with Crippen LogP contribution in [0, 0.1) is 18.8 Å². The van der Waals surface area contributed by atoms with Crippen molar-refractivity contribution in [2.75, 3.05) is 158 Å². The van der Waals surface area contributed by atoms with Crippen molar-refractivity contribution in [2.24, 2.45) is 23.2 Å². The Labute approximate surface area is 463 Å². The van der Waals surface area contributed by atoms with E-state index >= 15 is 0 Å². The number of nitrogens with two attached hydrogens (primary N) is 3. The molecule has 26 heteroatoms. The van der Waals surface area contributed by atoms with E-state index in [-0.39, 0.29) is 58.2 Å². The van der Waals surface area contributed by atoms with Gasteiger partial charge in [-0.05, 0) is 30.0 Å². The number of terminal acetylenes is 1. The summed E-state index contributed by atoms with van der Waals surface area (Å²) in [6.45, 7) is 17.6. The largest absolute Gasteiger partial charge is 0.399 e. The molecule has 2 rings (SSSR count). The number of rotatable bonds is 44. The number of carbonyl (C=O) groups is 6. The third kappa shape index (κ3) is 41.4. The summed E-state index contributed by atoms with van der Waals surface area (Å²) < 4.78 is 54.3. The molecule has 1 atom stereocenters. The van der Waals surface area contributed by atoms with Crippen molar-refractivity contribution >= 4 is 49.1 Å². The van der Waals surface area contributed by atoms with Gasteiger partial charge in [-0.2, -0.15) is 0 Å². The van der Waals surface area contributed by atoms with Gasteiger partial charge < -0.3 is 85.1 Å². The van der Waals surface area contributed by atoms with Crippen LogP contribution in [-0.2, 0) is 84.3 Å². The van der Waals surface area contributed by atoms with Crippen LogP contribution >= 0.6 is 0 Å². The molecular formula is C52H90BN9O16. The number of carbonyl (C=O) groups excluding carboxylic acids is 6. The van der Waals surface area contributed by atoms with Crippen LogP contribution in [0.1, 0.15) is 58.6 Å². The number of amides is 7. The van der Waals surface area contributed by atoms with Crippen molar-refractivity contribution in [3.63, 3.8) is 0 Å². The van der Waals surface area contributed by atoms with Gasteiger partial charge in [-0.15, -0.1) is 12.8 Å². The number of methoxy groups -OCH3 is 1. The summed E-state index contributed by atoms with van der Waals surface area (Å²) in [5.74, 6) is 3.48. The molecule has 0 fully saturated rings. The first-order valence-corrected chi connectivity index (χ1v) is 26.0. The highest BCUT2D eigenvalue weighted by Crippen LogP contribution is 2.18. The molecule has 0 aromatic heterocycles. The number of anilines is 1. The van der Waals surface area contributed by atoms with Gasteiger partial charge in [0.1, 0.15) is 6.04 Å². The Morgan fingerprint density at radius 2 is 1.21 bits per heavy atom. The topological polar surface area (TPSA) is 327 Å². The second-order valence-electron chi connectivity index (χ2n) is 16.3. The second-order valence-corrected chi connectivity index (χ2v) is 16.3. The number of hydrazine groups is 1. The van der Waals surface area contributed by atoms with E-state index in [1.165, 1.54) is 17.2 Å². The number of hydrogen-bond donors (Lipinski definition) is 7. The summed E-state index contributed by atoms with van der Waals surface area (Å²) in [7, 11) is 7.57. The van der Waals surface area contributed by atoms with E-state index in [0.717, 1.165) is 22.4 Å². The number of nitrogens with one attached hydrogen (secondary N) is 4. The number of benzene rings is 1. The van der Waals surface area contributed by atoms with Gasteiger partial charge in [0, 0.05) is 44.1 Å². The van der Waals surface area contributed by atoms with Crippen molar-refractivity contribution in [2.45, 2.75) is 66.4 Å². The number of hydrogen-bond acceptors (Lipinski definition) is 19. The maximum absolute atomic E-state index is 12.9. The highest BCUT2D eigenvalue weighted by Gasteiger charge is 2.25. The molecule has 0 saturated heterocycles. The third-order valence-electron chi connectivity index (χ3n) is 9.80. The van der Waals surface area contributed by atoms with Crippen LogP contribution in [0.5, 0.6) is 0 Å². The summed E-state index contributed by atoms with van der Waals surface area (Å²) >= 11 is 0. The average Bonchev–Trinajstić information content (AvgIpc) is 3.75. The SMILES string of the molecule is C#C.CC.CCCNC(N)=O.[B]Cc1ccc(NC(=O)CNC(=O)C(NC(=O)CCOCCN2C(=O)C=CC2=O)C(C)C)cc1COC/C(N)=C/N(N)CCOCCOCCOCCOCCOCCOCCOCCOC. The molecule has 1 aromatic carbocycles. The van der Waals surface area contributed by atoms with Crippen LogP contribution < -0.4 is 38.6 Å². The van der Waals surface area contributed by atoms with Crippen molar-refractivity contribution in [3.8, 4) is 12.8 Å². The first-order valence-electron chi connectivity index (χ1n) is 26.0. The maximum Gasteiger partial charge on any atom is 0.312 e. The Hall–Kier alpha value is -5.70. The standard InChI is InChI=1S/C44H72BN7O15.C4H10N2O.C2H6.C2H2/c1-34(2)43(50-39(53)8-11-59-13-10-52-41(55)6-7-42(52)56)44(57)48-30-40(54)49-38-5-4-35(29-45)36(28-38)32-67-33-37(46)31-51(47)9-12-60-16-17-62-20-21-64-24-25-66-27-26-65-23-22-63-19-18-61-15-14-58-3;1-2-3-6-4(5)7;2*1-2/h4-7,28,31,34,43H,8-27,29-30,32-33,46-47H2,1-3H3,(H,48,57)(H,49,54)(H,50,53);2-3H2,1H3,(H3,5,6,7);1-2H3;1-2H/b37-31-;;;. The Morgan fingerprint density at radius 3 is 1.67 bits per heavy atom. The Bertz CT molecular complexity index is 1830. The summed E-state index contributed by atoms with van der Waals surface area (Å²) in [5, 5.41) is 11.8. The van der Waals surface area contributed by atoms with Gasteiger partial charge >= 0.3 is 6.03 Å². The zero-order valence-corrected chi connectivity index (χ0v) is 46.9. The summed E-state index contributed by atoms with van der Waals surface area (Å²) in [4.78, 5) is 72.4. The maximum atomic E-state index is 12.9. The lowest BCUT2D eigenvalue weighted by Gasteiger charge is -2.22. The molecule has 1 aliphatic heterocycles. The lowest BCUT2D eigenvalue weighted by molar-refractivity contribution is -0.138. The van der Waals surface area contributed by atoms with Gasteiger partial charge in [0.05, 0.1) is 159 Å². The van der Waals surface area contributed by atoms with E-state index in [1.807, 2.05) is 20.8 Å². The molecule has 1 aromatic rings. The average molecular weight is 1110 g/mol. The molecule has 2 radical (unpaired) electrons. The van der Waals surface area contributed by atoms with Crippen molar-refractivity contribution in [3.05, 3.63) is 53.4 Å². The van der Waals surface area contributed by atoms with E-state index in [9.17, 15) is 28.8 Å².